The van der Waals surface area contributed by atoms with Crippen molar-refractivity contribution in [2.75, 3.05) is 26.2 Å². The predicted molar refractivity (Wildman–Crippen MR) is 127 cm³/mol. The topological polar surface area (TPSA) is 76.4 Å². The second-order valence-electron chi connectivity index (χ2n) is 9.39. The third kappa shape index (κ3) is 5.88. The van der Waals surface area contributed by atoms with E-state index in [2.05, 4.69) is 16.3 Å². The molecule has 0 aliphatic carbocycles. The number of nitriles is 1. The number of nitrogens with one attached hydrogen (secondary N) is 1. The molecule has 36 heavy (non-hydrogen) atoms. The summed E-state index contributed by atoms with van der Waals surface area (Å²) in [6.07, 6.45) is 3.74. The van der Waals surface area contributed by atoms with Crippen molar-refractivity contribution in [1.82, 2.24) is 15.1 Å². The summed E-state index contributed by atoms with van der Waals surface area (Å²) < 4.78 is 40.5. The number of amides is 3. The fourth-order valence-electron chi connectivity index (χ4n) is 5.19. The normalized spacial score (nSPS) is 19.2. The first-order valence-electron chi connectivity index (χ1n) is 12.3. The second-order valence-corrected chi connectivity index (χ2v) is 9.39. The molecule has 9 heteroatoms. The summed E-state index contributed by atoms with van der Waals surface area (Å²) in [5, 5.41) is 12.1. The zero-order chi connectivity index (χ0) is 25.7. The monoisotopic (exact) mass is 498 g/mol. The summed E-state index contributed by atoms with van der Waals surface area (Å²) >= 11 is 0. The zero-order valence-electron chi connectivity index (χ0n) is 20.0. The number of halogens is 3. The highest BCUT2D eigenvalue weighted by atomic mass is 19.2. The quantitative estimate of drug-likeness (QED) is 0.568. The molecule has 1 atom stereocenters. The van der Waals surface area contributed by atoms with Crippen LogP contribution in [0.3, 0.4) is 0 Å². The Bertz CT molecular complexity index is 1160. The van der Waals surface area contributed by atoms with Gasteiger partial charge in [-0.1, -0.05) is 12.1 Å². The molecule has 2 aliphatic heterocycles. The van der Waals surface area contributed by atoms with E-state index in [1.165, 1.54) is 18.2 Å². The van der Waals surface area contributed by atoms with Crippen molar-refractivity contribution in [1.29, 1.82) is 5.26 Å². The van der Waals surface area contributed by atoms with E-state index in [1.807, 2.05) is 0 Å². The van der Waals surface area contributed by atoms with E-state index in [0.717, 1.165) is 55.1 Å². The second kappa shape index (κ2) is 11.6. The van der Waals surface area contributed by atoms with Crippen molar-refractivity contribution >= 4 is 11.9 Å². The molecule has 2 aromatic carbocycles. The highest BCUT2D eigenvalue weighted by Gasteiger charge is 2.34. The summed E-state index contributed by atoms with van der Waals surface area (Å²) in [4.78, 5) is 28.8. The highest BCUT2D eigenvalue weighted by molar-refractivity contribution is 5.95. The first-order chi connectivity index (χ1) is 17.4. The molecular formula is C27H29F3N4O2. The lowest BCUT2D eigenvalue weighted by atomic mass is 9.86. The molecule has 2 aromatic rings. The van der Waals surface area contributed by atoms with Gasteiger partial charge in [0, 0.05) is 13.0 Å². The number of nitrogens with zero attached hydrogens (tertiary/aromatic N) is 3. The maximum Gasteiger partial charge on any atom is 0.324 e. The molecule has 6 nitrogen and oxygen atoms in total. The third-order valence-corrected chi connectivity index (χ3v) is 7.09. The molecule has 2 fully saturated rings. The molecule has 2 saturated heterocycles. The molecule has 4 rings (SSSR count). The van der Waals surface area contributed by atoms with Crippen LogP contribution in [0.2, 0.25) is 0 Å². The lowest BCUT2D eigenvalue weighted by Crippen LogP contribution is -2.48. The number of carbonyl (C=O) groups is 2. The van der Waals surface area contributed by atoms with Crippen LogP contribution in [-0.2, 0) is 4.79 Å². The van der Waals surface area contributed by atoms with E-state index < -0.39 is 29.5 Å². The summed E-state index contributed by atoms with van der Waals surface area (Å²) in [5.74, 6) is -2.48. The average Bonchev–Trinajstić information content (AvgIpc) is 2.88. The SMILES string of the molecule is N#Cc1cc(F)ccc1C1CCN(CCCNC(=O)N2C(=O)CCC[C@@H]2c2ccc(F)c(F)c2)CC1. The van der Waals surface area contributed by atoms with Gasteiger partial charge in [-0.15, -0.1) is 0 Å². The Morgan fingerprint density at radius 2 is 1.83 bits per heavy atom. The Hall–Kier alpha value is -3.38. The fraction of sp³-hybridized carbons (Fsp3) is 0.444. The van der Waals surface area contributed by atoms with E-state index in [-0.39, 0.29) is 18.2 Å². The van der Waals surface area contributed by atoms with Gasteiger partial charge in [-0.05, 0) is 93.0 Å². The summed E-state index contributed by atoms with van der Waals surface area (Å²) in [5.41, 5.74) is 1.69. The average molecular weight is 499 g/mol. The van der Waals surface area contributed by atoms with Crippen LogP contribution in [0, 0.1) is 28.8 Å². The van der Waals surface area contributed by atoms with Gasteiger partial charge >= 0.3 is 6.03 Å². The zero-order valence-corrected chi connectivity index (χ0v) is 20.0. The Labute approximate surface area is 208 Å². The number of rotatable bonds is 6. The van der Waals surface area contributed by atoms with Crippen LogP contribution < -0.4 is 5.32 Å². The standard InChI is InChI=1S/C27H29F3N4O2/c28-21-6-7-22(20(15-21)17-31)18-9-13-33(14-10-18)12-2-11-32-27(36)34-25(3-1-4-26(34)35)19-5-8-23(29)24(30)16-19/h5-8,15-16,18,25H,1-4,9-14H2,(H,32,36)/t25-/m1/s1. The van der Waals surface area contributed by atoms with Gasteiger partial charge in [0.2, 0.25) is 5.91 Å². The first kappa shape index (κ1) is 25.7. The van der Waals surface area contributed by atoms with E-state index in [1.54, 1.807) is 6.07 Å². The van der Waals surface area contributed by atoms with Gasteiger partial charge in [-0.3, -0.25) is 9.69 Å². The van der Waals surface area contributed by atoms with Crippen LogP contribution in [0.5, 0.6) is 0 Å². The van der Waals surface area contributed by atoms with Crippen molar-refractivity contribution in [2.45, 2.75) is 50.5 Å². The highest BCUT2D eigenvalue weighted by Crippen LogP contribution is 2.33. The van der Waals surface area contributed by atoms with Crippen LogP contribution in [0.25, 0.3) is 0 Å². The molecule has 190 valence electrons. The number of hydrogen-bond donors (Lipinski definition) is 1. The molecule has 3 amide bonds. The molecule has 0 spiro atoms. The van der Waals surface area contributed by atoms with Gasteiger partial charge in [0.05, 0.1) is 17.7 Å². The summed E-state index contributed by atoms with van der Waals surface area (Å²) in [6.45, 7) is 2.82. The summed E-state index contributed by atoms with van der Waals surface area (Å²) in [6, 6.07) is 8.82. The van der Waals surface area contributed by atoms with Crippen LogP contribution in [0.1, 0.15) is 67.2 Å². The van der Waals surface area contributed by atoms with E-state index in [4.69, 9.17) is 0 Å². The van der Waals surface area contributed by atoms with Crippen LogP contribution in [-0.4, -0.2) is 47.9 Å². The Kier molecular flexibility index (Phi) is 8.26. The van der Waals surface area contributed by atoms with E-state index in [9.17, 15) is 28.0 Å². The van der Waals surface area contributed by atoms with Crippen molar-refractivity contribution in [3.63, 3.8) is 0 Å². The number of benzene rings is 2. The third-order valence-electron chi connectivity index (χ3n) is 7.09. The maximum absolute atomic E-state index is 13.7. The predicted octanol–water partition coefficient (Wildman–Crippen LogP) is 5.01. The first-order valence-corrected chi connectivity index (χ1v) is 12.3. The minimum atomic E-state index is -1.00. The summed E-state index contributed by atoms with van der Waals surface area (Å²) in [7, 11) is 0. The number of imide groups is 1. The van der Waals surface area contributed by atoms with E-state index >= 15 is 0 Å². The van der Waals surface area contributed by atoms with Crippen LogP contribution >= 0.6 is 0 Å². The minimum absolute atomic E-state index is 0.217. The fourth-order valence-corrected chi connectivity index (χ4v) is 5.19. The van der Waals surface area contributed by atoms with Gasteiger partial charge in [0.1, 0.15) is 5.82 Å². The van der Waals surface area contributed by atoms with Crippen molar-refractivity contribution in [3.8, 4) is 6.07 Å². The number of hydrogen-bond acceptors (Lipinski definition) is 4. The maximum atomic E-state index is 13.7. The molecular weight excluding hydrogens is 469 g/mol. The van der Waals surface area contributed by atoms with Gasteiger partial charge in [-0.2, -0.15) is 5.26 Å². The minimum Gasteiger partial charge on any atom is -0.338 e. The molecule has 1 N–H and O–H groups in total. The lowest BCUT2D eigenvalue weighted by Gasteiger charge is -2.34. The Morgan fingerprint density at radius 1 is 1.06 bits per heavy atom. The number of likely N-dealkylation sites (tertiary alicyclic amines) is 2. The Balaban J connectivity index is 1.25. The van der Waals surface area contributed by atoms with Gasteiger partial charge in [0.25, 0.3) is 0 Å². The van der Waals surface area contributed by atoms with Crippen molar-refractivity contribution < 1.29 is 22.8 Å². The molecule has 0 saturated carbocycles. The molecule has 0 radical (unpaired) electrons. The van der Waals surface area contributed by atoms with E-state index in [0.29, 0.717) is 36.9 Å². The van der Waals surface area contributed by atoms with Gasteiger partial charge in [-0.25, -0.2) is 18.0 Å². The molecule has 0 unspecified atom stereocenters. The number of piperidine rings is 2. The largest absolute Gasteiger partial charge is 0.338 e. The molecule has 2 aliphatic rings. The van der Waals surface area contributed by atoms with Crippen LogP contribution in [0.15, 0.2) is 36.4 Å². The lowest BCUT2D eigenvalue weighted by molar-refractivity contribution is -0.132. The van der Waals surface area contributed by atoms with Crippen LogP contribution in [0.4, 0.5) is 18.0 Å². The molecule has 2 heterocycles. The number of carbonyl (C=O) groups excluding carboxylic acids is 2. The van der Waals surface area contributed by atoms with Gasteiger partial charge in [0.15, 0.2) is 11.6 Å². The van der Waals surface area contributed by atoms with Crippen molar-refractivity contribution in [2.24, 2.45) is 0 Å². The molecule has 0 bridgehead atoms. The smallest absolute Gasteiger partial charge is 0.324 e. The molecule has 0 aromatic heterocycles. The Morgan fingerprint density at radius 3 is 2.56 bits per heavy atom. The van der Waals surface area contributed by atoms with Gasteiger partial charge < -0.3 is 10.2 Å². The van der Waals surface area contributed by atoms with Crippen molar-refractivity contribution in [3.05, 3.63) is 70.5 Å². The number of urea groups is 1.